The van der Waals surface area contributed by atoms with E-state index in [9.17, 15) is 0 Å². The maximum Gasteiger partial charge on any atom is 0.232 e. The summed E-state index contributed by atoms with van der Waals surface area (Å²) in [5.74, 6) is 3.33. The molecule has 0 saturated carbocycles. The van der Waals surface area contributed by atoms with Crippen LogP contribution in [-0.4, -0.2) is 47.3 Å². The van der Waals surface area contributed by atoms with Gasteiger partial charge in [-0.25, -0.2) is 0 Å². The molecule has 26 heavy (non-hydrogen) atoms. The molecule has 2 aliphatic rings. The standard InChI is InChI=1S/C19H32N6S/c1-4-20-19(26)23-18-21-16(24-10-7-8-14(2)13-24)12-17(22-18)25-11-6-5-9-15(25)3/h12,14-15H,4-11,13H2,1-3H3,(H2,20,21,22,23,26)/t14-,15-/m1/s1. The minimum atomic E-state index is 0.514. The van der Waals surface area contributed by atoms with E-state index in [2.05, 4.69) is 40.3 Å². The topological polar surface area (TPSA) is 56.3 Å². The Morgan fingerprint density at radius 1 is 1.15 bits per heavy atom. The Bertz CT molecular complexity index is 622. The summed E-state index contributed by atoms with van der Waals surface area (Å²) in [6, 6.07) is 2.68. The first-order chi connectivity index (χ1) is 12.6. The van der Waals surface area contributed by atoms with Crippen LogP contribution in [0.1, 0.15) is 52.9 Å². The van der Waals surface area contributed by atoms with Crippen LogP contribution in [0.3, 0.4) is 0 Å². The molecular formula is C19H32N6S. The van der Waals surface area contributed by atoms with Gasteiger partial charge >= 0.3 is 0 Å². The van der Waals surface area contributed by atoms with Crippen LogP contribution in [0.2, 0.25) is 0 Å². The maximum atomic E-state index is 5.35. The average Bonchev–Trinajstić information content (AvgIpc) is 2.62. The van der Waals surface area contributed by atoms with Gasteiger partial charge in [0.25, 0.3) is 0 Å². The van der Waals surface area contributed by atoms with Crippen molar-refractivity contribution in [3.63, 3.8) is 0 Å². The van der Waals surface area contributed by atoms with Crippen molar-refractivity contribution >= 4 is 34.9 Å². The number of nitrogens with zero attached hydrogens (tertiary/aromatic N) is 4. The van der Waals surface area contributed by atoms with Gasteiger partial charge in [-0.2, -0.15) is 9.97 Å². The van der Waals surface area contributed by atoms with E-state index in [1.165, 1.54) is 32.1 Å². The summed E-state index contributed by atoms with van der Waals surface area (Å²) in [5.41, 5.74) is 0. The number of rotatable bonds is 4. The number of hydrogen-bond acceptors (Lipinski definition) is 5. The summed E-state index contributed by atoms with van der Waals surface area (Å²) >= 11 is 5.35. The predicted octanol–water partition coefficient (Wildman–Crippen LogP) is 3.40. The third kappa shape index (κ3) is 4.75. The first-order valence-corrected chi connectivity index (χ1v) is 10.4. The zero-order valence-electron chi connectivity index (χ0n) is 16.3. The van der Waals surface area contributed by atoms with E-state index in [0.29, 0.717) is 23.0 Å². The first-order valence-electron chi connectivity index (χ1n) is 10.0. The van der Waals surface area contributed by atoms with Gasteiger partial charge in [0.2, 0.25) is 5.95 Å². The molecule has 2 atom stereocenters. The van der Waals surface area contributed by atoms with Gasteiger partial charge < -0.3 is 20.4 Å². The normalized spacial score (nSPS) is 23.7. The van der Waals surface area contributed by atoms with E-state index in [1.54, 1.807) is 0 Å². The van der Waals surface area contributed by atoms with E-state index in [1.807, 2.05) is 6.92 Å². The third-order valence-corrected chi connectivity index (χ3v) is 5.59. The molecule has 2 N–H and O–H groups in total. The van der Waals surface area contributed by atoms with Crippen molar-refractivity contribution in [2.45, 2.75) is 58.9 Å². The zero-order valence-corrected chi connectivity index (χ0v) is 17.1. The highest BCUT2D eigenvalue weighted by Crippen LogP contribution is 2.29. The van der Waals surface area contributed by atoms with Gasteiger partial charge in [0.1, 0.15) is 11.6 Å². The molecule has 3 heterocycles. The Balaban J connectivity index is 1.89. The van der Waals surface area contributed by atoms with Crippen molar-refractivity contribution in [2.75, 3.05) is 41.3 Å². The largest absolute Gasteiger partial charge is 0.363 e. The summed E-state index contributed by atoms with van der Waals surface area (Å²) in [4.78, 5) is 14.4. The van der Waals surface area contributed by atoms with Crippen LogP contribution in [-0.2, 0) is 0 Å². The summed E-state index contributed by atoms with van der Waals surface area (Å²) in [5, 5.41) is 6.87. The monoisotopic (exact) mass is 376 g/mol. The molecule has 1 aromatic rings. The lowest BCUT2D eigenvalue weighted by Gasteiger charge is -2.36. The van der Waals surface area contributed by atoms with Gasteiger partial charge in [0.05, 0.1) is 0 Å². The average molecular weight is 377 g/mol. The second kappa shape index (κ2) is 8.84. The summed E-state index contributed by atoms with van der Waals surface area (Å²) in [6.45, 7) is 10.6. The van der Waals surface area contributed by atoms with E-state index >= 15 is 0 Å². The first kappa shape index (κ1) is 19.1. The van der Waals surface area contributed by atoms with Crippen LogP contribution in [0.4, 0.5) is 17.6 Å². The molecule has 0 aliphatic carbocycles. The van der Waals surface area contributed by atoms with E-state index in [0.717, 1.165) is 37.8 Å². The van der Waals surface area contributed by atoms with Gasteiger partial charge in [-0.15, -0.1) is 0 Å². The van der Waals surface area contributed by atoms with Gasteiger partial charge in [0.15, 0.2) is 5.11 Å². The number of anilines is 3. The molecule has 2 fully saturated rings. The number of nitrogens with one attached hydrogen (secondary N) is 2. The van der Waals surface area contributed by atoms with Crippen molar-refractivity contribution in [3.8, 4) is 0 Å². The highest BCUT2D eigenvalue weighted by atomic mass is 32.1. The highest BCUT2D eigenvalue weighted by molar-refractivity contribution is 7.80. The fourth-order valence-corrected chi connectivity index (χ4v) is 4.16. The Morgan fingerprint density at radius 3 is 2.69 bits per heavy atom. The van der Waals surface area contributed by atoms with Crippen LogP contribution in [0.15, 0.2) is 6.07 Å². The molecule has 2 saturated heterocycles. The molecule has 144 valence electrons. The zero-order chi connectivity index (χ0) is 18.5. The Kier molecular flexibility index (Phi) is 6.51. The van der Waals surface area contributed by atoms with Crippen molar-refractivity contribution in [1.29, 1.82) is 0 Å². The van der Waals surface area contributed by atoms with Crippen LogP contribution in [0.5, 0.6) is 0 Å². The van der Waals surface area contributed by atoms with Crippen molar-refractivity contribution < 1.29 is 0 Å². The number of thiocarbonyl (C=S) groups is 1. The molecule has 6 nitrogen and oxygen atoms in total. The Hall–Kier alpha value is -1.63. The highest BCUT2D eigenvalue weighted by Gasteiger charge is 2.24. The quantitative estimate of drug-likeness (QED) is 0.781. The predicted molar refractivity (Wildman–Crippen MR) is 113 cm³/mol. The van der Waals surface area contributed by atoms with Crippen LogP contribution >= 0.6 is 12.2 Å². The Labute approximate surface area is 162 Å². The van der Waals surface area contributed by atoms with Crippen LogP contribution in [0, 0.1) is 5.92 Å². The summed E-state index contributed by atoms with van der Waals surface area (Å²) in [6.07, 6.45) is 6.27. The molecule has 3 rings (SSSR count). The second-order valence-corrected chi connectivity index (χ2v) is 8.03. The number of hydrogen-bond donors (Lipinski definition) is 2. The second-order valence-electron chi connectivity index (χ2n) is 7.62. The SMILES string of the molecule is CCNC(=S)Nc1nc(N2CCC[C@@H](C)C2)cc(N2CCCC[C@H]2C)n1. The van der Waals surface area contributed by atoms with Crippen molar-refractivity contribution in [1.82, 2.24) is 15.3 Å². The van der Waals surface area contributed by atoms with Gasteiger partial charge in [-0.3, -0.25) is 0 Å². The van der Waals surface area contributed by atoms with E-state index in [4.69, 9.17) is 22.2 Å². The third-order valence-electron chi connectivity index (χ3n) is 5.34. The maximum absolute atomic E-state index is 5.35. The van der Waals surface area contributed by atoms with Crippen LogP contribution in [0.25, 0.3) is 0 Å². The minimum Gasteiger partial charge on any atom is -0.363 e. The van der Waals surface area contributed by atoms with E-state index < -0.39 is 0 Å². The van der Waals surface area contributed by atoms with Crippen molar-refractivity contribution in [2.24, 2.45) is 5.92 Å². The molecule has 0 unspecified atom stereocenters. The lowest BCUT2D eigenvalue weighted by molar-refractivity contribution is 0.444. The van der Waals surface area contributed by atoms with E-state index in [-0.39, 0.29) is 0 Å². The smallest absolute Gasteiger partial charge is 0.232 e. The number of aromatic nitrogens is 2. The molecular weight excluding hydrogens is 344 g/mol. The summed E-state index contributed by atoms with van der Waals surface area (Å²) < 4.78 is 0. The molecule has 1 aromatic heterocycles. The van der Waals surface area contributed by atoms with Gasteiger partial charge in [-0.1, -0.05) is 6.92 Å². The summed E-state index contributed by atoms with van der Waals surface area (Å²) in [7, 11) is 0. The molecule has 2 aliphatic heterocycles. The van der Waals surface area contributed by atoms with Gasteiger partial charge in [-0.05, 0) is 64.1 Å². The molecule has 7 heteroatoms. The van der Waals surface area contributed by atoms with Crippen LogP contribution < -0.4 is 20.4 Å². The lowest BCUT2D eigenvalue weighted by Crippen LogP contribution is -2.39. The molecule has 0 aromatic carbocycles. The number of piperidine rings is 2. The molecule has 0 spiro atoms. The molecule has 0 bridgehead atoms. The molecule has 0 amide bonds. The minimum absolute atomic E-state index is 0.514. The molecule has 0 radical (unpaired) electrons. The van der Waals surface area contributed by atoms with Crippen molar-refractivity contribution in [3.05, 3.63) is 6.07 Å². The lowest BCUT2D eigenvalue weighted by atomic mass is 10.0. The van der Waals surface area contributed by atoms with Gasteiger partial charge in [0, 0.05) is 38.3 Å². The Morgan fingerprint density at radius 2 is 1.96 bits per heavy atom. The fraction of sp³-hybridized carbons (Fsp3) is 0.737. The fourth-order valence-electron chi connectivity index (χ4n) is 3.93.